The summed E-state index contributed by atoms with van der Waals surface area (Å²) in [5.41, 5.74) is 2.12. The van der Waals surface area contributed by atoms with Crippen LogP contribution < -0.4 is 0 Å². The van der Waals surface area contributed by atoms with Gasteiger partial charge in [-0.15, -0.1) is 0 Å². The minimum Gasteiger partial charge on any atom is -0.360 e. The Labute approximate surface area is 156 Å². The highest BCUT2D eigenvalue weighted by Crippen LogP contribution is 2.33. The molecule has 0 aromatic heterocycles. The summed E-state index contributed by atoms with van der Waals surface area (Å²) in [7, 11) is -3.62. The van der Waals surface area contributed by atoms with Gasteiger partial charge in [-0.25, -0.2) is 8.42 Å². The lowest BCUT2D eigenvalue weighted by molar-refractivity contribution is 0.0687. The standard InChI is InChI=1S/C21H27NO3S/c1-4-17(3)20-15-25-21(14-18-8-6-5-7-9-18)22(20)26(23,24)19-12-10-16(2)11-13-19/h5-13,17,20-21H,4,14-15H2,1-3H3/t17-,20-,21+/m1/s1. The average Bonchev–Trinajstić information content (AvgIpc) is 3.06. The van der Waals surface area contributed by atoms with Crippen LogP contribution in [-0.2, 0) is 21.2 Å². The van der Waals surface area contributed by atoms with Crippen LogP contribution in [0.1, 0.15) is 31.4 Å². The number of ether oxygens (including phenoxy) is 1. The lowest BCUT2D eigenvalue weighted by atomic mass is 10.0. The second-order valence-corrected chi connectivity index (χ2v) is 8.92. The molecule has 4 nitrogen and oxygen atoms in total. The molecule has 0 bridgehead atoms. The van der Waals surface area contributed by atoms with E-state index < -0.39 is 16.3 Å². The monoisotopic (exact) mass is 373 g/mol. The number of benzene rings is 2. The SMILES string of the molecule is CC[C@@H](C)[C@H]1CO[C@@H](Cc2ccccc2)N1S(=O)(=O)c1ccc(C)cc1. The van der Waals surface area contributed by atoms with E-state index >= 15 is 0 Å². The summed E-state index contributed by atoms with van der Waals surface area (Å²) < 4.78 is 34.4. The largest absolute Gasteiger partial charge is 0.360 e. The number of nitrogens with zero attached hydrogens (tertiary/aromatic N) is 1. The van der Waals surface area contributed by atoms with Crippen molar-refractivity contribution in [2.45, 2.75) is 50.8 Å². The highest BCUT2D eigenvalue weighted by Gasteiger charge is 2.44. The molecule has 1 aliphatic rings. The van der Waals surface area contributed by atoms with E-state index in [-0.39, 0.29) is 12.0 Å². The van der Waals surface area contributed by atoms with E-state index in [1.807, 2.05) is 49.4 Å². The maximum Gasteiger partial charge on any atom is 0.245 e. The van der Waals surface area contributed by atoms with Crippen LogP contribution in [0.4, 0.5) is 0 Å². The summed E-state index contributed by atoms with van der Waals surface area (Å²) >= 11 is 0. The first-order chi connectivity index (χ1) is 12.4. The summed E-state index contributed by atoms with van der Waals surface area (Å²) in [6.45, 7) is 6.58. The van der Waals surface area contributed by atoms with Gasteiger partial charge < -0.3 is 4.74 Å². The molecule has 1 aliphatic heterocycles. The Hall–Kier alpha value is -1.69. The minimum absolute atomic E-state index is 0.139. The fraction of sp³-hybridized carbons (Fsp3) is 0.429. The molecule has 3 atom stereocenters. The molecule has 0 spiro atoms. The Bertz CT molecular complexity index is 818. The first-order valence-corrected chi connectivity index (χ1v) is 10.6. The van der Waals surface area contributed by atoms with Crippen molar-refractivity contribution in [1.29, 1.82) is 0 Å². The molecule has 3 rings (SSSR count). The number of sulfonamides is 1. The van der Waals surface area contributed by atoms with Crippen LogP contribution in [0.5, 0.6) is 0 Å². The molecule has 0 unspecified atom stereocenters. The maximum absolute atomic E-state index is 13.4. The third-order valence-electron chi connectivity index (χ3n) is 5.22. The van der Waals surface area contributed by atoms with Gasteiger partial charge in [-0.1, -0.05) is 68.3 Å². The Morgan fingerprint density at radius 1 is 1.12 bits per heavy atom. The third-order valence-corrected chi connectivity index (χ3v) is 7.15. The van der Waals surface area contributed by atoms with Crippen LogP contribution in [-0.4, -0.2) is 31.6 Å². The summed E-state index contributed by atoms with van der Waals surface area (Å²) in [5.74, 6) is 0.232. The van der Waals surface area contributed by atoms with Gasteiger partial charge in [0, 0.05) is 6.42 Å². The lowest BCUT2D eigenvalue weighted by Crippen LogP contribution is -2.45. The van der Waals surface area contributed by atoms with Gasteiger partial charge in [-0.05, 0) is 30.5 Å². The summed E-state index contributed by atoms with van der Waals surface area (Å²) in [6, 6.07) is 16.8. The van der Waals surface area contributed by atoms with Gasteiger partial charge in [-0.2, -0.15) is 4.31 Å². The zero-order valence-electron chi connectivity index (χ0n) is 15.6. The van der Waals surface area contributed by atoms with Gasteiger partial charge in [0.2, 0.25) is 10.0 Å². The zero-order chi connectivity index (χ0) is 18.7. The highest BCUT2D eigenvalue weighted by molar-refractivity contribution is 7.89. The molecule has 0 radical (unpaired) electrons. The van der Waals surface area contributed by atoms with Crippen molar-refractivity contribution in [1.82, 2.24) is 4.31 Å². The maximum atomic E-state index is 13.4. The molecule has 0 saturated carbocycles. The van der Waals surface area contributed by atoms with E-state index in [2.05, 4.69) is 13.8 Å². The Morgan fingerprint density at radius 2 is 1.77 bits per heavy atom. The number of aryl methyl sites for hydroxylation is 1. The second kappa shape index (κ2) is 7.91. The van der Waals surface area contributed by atoms with Crippen LogP contribution >= 0.6 is 0 Å². The van der Waals surface area contributed by atoms with Crippen molar-refractivity contribution in [3.8, 4) is 0 Å². The smallest absolute Gasteiger partial charge is 0.245 e. The first kappa shape index (κ1) is 19.1. The van der Waals surface area contributed by atoms with Gasteiger partial charge in [-0.3, -0.25) is 0 Å². The van der Waals surface area contributed by atoms with Crippen LogP contribution in [0.15, 0.2) is 59.5 Å². The minimum atomic E-state index is -3.62. The van der Waals surface area contributed by atoms with Gasteiger partial charge in [0.25, 0.3) is 0 Å². The first-order valence-electron chi connectivity index (χ1n) is 9.19. The molecule has 140 valence electrons. The van der Waals surface area contributed by atoms with Gasteiger partial charge in [0.15, 0.2) is 0 Å². The van der Waals surface area contributed by atoms with Crippen molar-refractivity contribution >= 4 is 10.0 Å². The fourth-order valence-electron chi connectivity index (χ4n) is 3.39. The molecule has 26 heavy (non-hydrogen) atoms. The second-order valence-electron chi connectivity index (χ2n) is 7.08. The molecule has 1 saturated heterocycles. The molecular weight excluding hydrogens is 346 g/mol. The highest BCUT2D eigenvalue weighted by atomic mass is 32.2. The van der Waals surface area contributed by atoms with E-state index in [9.17, 15) is 8.42 Å². The summed E-state index contributed by atoms with van der Waals surface area (Å²) in [5, 5.41) is 0. The molecule has 0 amide bonds. The van der Waals surface area contributed by atoms with Crippen molar-refractivity contribution < 1.29 is 13.2 Å². The van der Waals surface area contributed by atoms with Crippen molar-refractivity contribution in [2.24, 2.45) is 5.92 Å². The Balaban J connectivity index is 1.96. The summed E-state index contributed by atoms with van der Waals surface area (Å²) in [6.07, 6.45) is 0.993. The molecular formula is C21H27NO3S. The van der Waals surface area contributed by atoms with E-state index in [1.165, 1.54) is 0 Å². The summed E-state index contributed by atoms with van der Waals surface area (Å²) in [4.78, 5) is 0.333. The van der Waals surface area contributed by atoms with Gasteiger partial charge in [0.05, 0.1) is 17.5 Å². The van der Waals surface area contributed by atoms with Gasteiger partial charge in [0.1, 0.15) is 6.23 Å². The predicted octanol–water partition coefficient (Wildman–Crippen LogP) is 4.00. The van der Waals surface area contributed by atoms with E-state index in [4.69, 9.17) is 4.74 Å². The number of hydrogen-bond acceptors (Lipinski definition) is 3. The zero-order valence-corrected chi connectivity index (χ0v) is 16.4. The quantitative estimate of drug-likeness (QED) is 0.769. The van der Waals surface area contributed by atoms with Gasteiger partial charge >= 0.3 is 0 Å². The van der Waals surface area contributed by atoms with Crippen LogP contribution in [0.3, 0.4) is 0 Å². The number of rotatable bonds is 6. The van der Waals surface area contributed by atoms with Crippen LogP contribution in [0, 0.1) is 12.8 Å². The van der Waals surface area contributed by atoms with E-state index in [0.717, 1.165) is 17.5 Å². The van der Waals surface area contributed by atoms with Crippen molar-refractivity contribution in [3.63, 3.8) is 0 Å². The lowest BCUT2D eigenvalue weighted by Gasteiger charge is -2.30. The van der Waals surface area contributed by atoms with E-state index in [1.54, 1.807) is 16.4 Å². The molecule has 0 N–H and O–H groups in total. The third kappa shape index (κ3) is 3.85. The molecule has 5 heteroatoms. The normalized spacial score (nSPS) is 22.4. The van der Waals surface area contributed by atoms with Crippen LogP contribution in [0.2, 0.25) is 0 Å². The Kier molecular flexibility index (Phi) is 5.80. The molecule has 2 aromatic carbocycles. The molecule has 2 aromatic rings. The van der Waals surface area contributed by atoms with Crippen molar-refractivity contribution in [3.05, 3.63) is 65.7 Å². The average molecular weight is 374 g/mol. The molecule has 1 heterocycles. The Morgan fingerprint density at radius 3 is 2.38 bits per heavy atom. The molecule has 0 aliphatic carbocycles. The van der Waals surface area contributed by atoms with E-state index in [0.29, 0.717) is 17.9 Å². The topological polar surface area (TPSA) is 46.6 Å². The van der Waals surface area contributed by atoms with Crippen LogP contribution in [0.25, 0.3) is 0 Å². The predicted molar refractivity (Wildman–Crippen MR) is 103 cm³/mol. The fourth-order valence-corrected chi connectivity index (χ4v) is 5.18. The number of hydrogen-bond donors (Lipinski definition) is 0. The molecule has 1 fully saturated rings. The van der Waals surface area contributed by atoms with Crippen molar-refractivity contribution in [2.75, 3.05) is 6.61 Å².